The molecule has 0 radical (unpaired) electrons. The van der Waals surface area contributed by atoms with E-state index in [-0.39, 0.29) is 22.6 Å². The van der Waals surface area contributed by atoms with E-state index in [1.807, 2.05) is 24.3 Å². The third-order valence-electron chi connectivity index (χ3n) is 5.33. The first-order chi connectivity index (χ1) is 14.3. The van der Waals surface area contributed by atoms with Crippen LogP contribution in [0.2, 0.25) is 0 Å². The van der Waals surface area contributed by atoms with Gasteiger partial charge in [-0.3, -0.25) is 9.59 Å². The van der Waals surface area contributed by atoms with Gasteiger partial charge in [-0.2, -0.15) is 0 Å². The molecule has 0 fully saturated rings. The molecule has 2 amide bonds. The Labute approximate surface area is 186 Å². The lowest BCUT2D eigenvalue weighted by Crippen LogP contribution is -2.24. The van der Waals surface area contributed by atoms with E-state index < -0.39 is 0 Å². The molecule has 0 atom stereocenters. The number of benzene rings is 2. The molecule has 0 saturated carbocycles. The van der Waals surface area contributed by atoms with Crippen LogP contribution in [-0.2, 0) is 28.6 Å². The smallest absolute Gasteiger partial charge is 0.251 e. The SMILES string of the molecule is CNC(=O)c1cccc(CNC(=O)CCc2cc(C(C)(C)C)c(O)c(C(C)(C)C)c2)c1. The molecule has 0 bridgehead atoms. The van der Waals surface area contributed by atoms with Gasteiger partial charge in [0.2, 0.25) is 5.91 Å². The topological polar surface area (TPSA) is 78.4 Å². The number of amides is 2. The Morgan fingerprint density at radius 1 is 0.903 bits per heavy atom. The molecule has 5 nitrogen and oxygen atoms in total. The van der Waals surface area contributed by atoms with Gasteiger partial charge in [0, 0.05) is 25.6 Å². The summed E-state index contributed by atoms with van der Waals surface area (Å²) >= 11 is 0. The fourth-order valence-corrected chi connectivity index (χ4v) is 3.50. The molecule has 0 heterocycles. The number of aromatic hydroxyl groups is 1. The number of carbonyl (C=O) groups is 2. The molecule has 2 rings (SSSR count). The van der Waals surface area contributed by atoms with Gasteiger partial charge in [0.15, 0.2) is 0 Å². The van der Waals surface area contributed by atoms with E-state index in [1.54, 1.807) is 19.2 Å². The molecule has 168 valence electrons. The first-order valence-electron chi connectivity index (χ1n) is 10.8. The van der Waals surface area contributed by atoms with Crippen molar-refractivity contribution in [3.63, 3.8) is 0 Å². The van der Waals surface area contributed by atoms with Crippen LogP contribution in [0.4, 0.5) is 0 Å². The Kier molecular flexibility index (Phi) is 7.53. The van der Waals surface area contributed by atoms with Crippen molar-refractivity contribution in [3.8, 4) is 5.75 Å². The predicted molar refractivity (Wildman–Crippen MR) is 126 cm³/mol. The van der Waals surface area contributed by atoms with Crippen molar-refractivity contribution in [2.75, 3.05) is 7.05 Å². The number of hydrogen-bond acceptors (Lipinski definition) is 3. The molecule has 2 aromatic rings. The Hall–Kier alpha value is -2.82. The van der Waals surface area contributed by atoms with Crippen molar-refractivity contribution in [2.45, 2.75) is 71.8 Å². The molecule has 0 saturated heterocycles. The first kappa shape index (κ1) is 24.4. The van der Waals surface area contributed by atoms with E-state index in [2.05, 4.69) is 52.2 Å². The van der Waals surface area contributed by atoms with E-state index in [9.17, 15) is 14.7 Å². The van der Waals surface area contributed by atoms with Crippen molar-refractivity contribution < 1.29 is 14.7 Å². The lowest BCUT2D eigenvalue weighted by Gasteiger charge is -2.28. The third kappa shape index (κ3) is 6.58. The quantitative estimate of drug-likeness (QED) is 0.634. The second-order valence-electron chi connectivity index (χ2n) is 10.1. The number of phenolic OH excluding ortho intramolecular Hbond substituents is 1. The summed E-state index contributed by atoms with van der Waals surface area (Å²) in [6.07, 6.45) is 0.948. The summed E-state index contributed by atoms with van der Waals surface area (Å²) in [6.45, 7) is 12.9. The molecule has 0 aliphatic rings. The summed E-state index contributed by atoms with van der Waals surface area (Å²) < 4.78 is 0. The van der Waals surface area contributed by atoms with Crippen LogP contribution in [0.1, 0.15) is 80.6 Å². The van der Waals surface area contributed by atoms with Gasteiger partial charge in [0.05, 0.1) is 0 Å². The second kappa shape index (κ2) is 9.54. The average Bonchev–Trinajstić information content (AvgIpc) is 2.69. The summed E-state index contributed by atoms with van der Waals surface area (Å²) in [4.78, 5) is 24.2. The van der Waals surface area contributed by atoms with Crippen LogP contribution < -0.4 is 10.6 Å². The molecule has 0 aliphatic heterocycles. The van der Waals surface area contributed by atoms with Crippen LogP contribution in [0.25, 0.3) is 0 Å². The minimum absolute atomic E-state index is 0.0481. The van der Waals surface area contributed by atoms with Gasteiger partial charge in [-0.15, -0.1) is 0 Å². The monoisotopic (exact) mass is 424 g/mol. The molecule has 2 aromatic carbocycles. The van der Waals surface area contributed by atoms with E-state index in [0.717, 1.165) is 22.3 Å². The predicted octanol–water partition coefficient (Wildman–Crippen LogP) is 4.60. The zero-order valence-electron chi connectivity index (χ0n) is 19.8. The number of aryl methyl sites for hydroxylation is 1. The van der Waals surface area contributed by atoms with Gasteiger partial charge in [-0.25, -0.2) is 0 Å². The van der Waals surface area contributed by atoms with Crippen molar-refractivity contribution >= 4 is 11.8 Å². The number of hydrogen-bond donors (Lipinski definition) is 3. The lowest BCUT2D eigenvalue weighted by molar-refractivity contribution is -0.121. The molecule has 3 N–H and O–H groups in total. The minimum Gasteiger partial charge on any atom is -0.507 e. The average molecular weight is 425 g/mol. The maximum Gasteiger partial charge on any atom is 0.251 e. The van der Waals surface area contributed by atoms with Crippen molar-refractivity contribution in [1.29, 1.82) is 0 Å². The summed E-state index contributed by atoms with van der Waals surface area (Å²) in [5, 5.41) is 16.4. The Bertz CT molecular complexity index is 915. The summed E-state index contributed by atoms with van der Waals surface area (Å²) in [5.41, 5.74) is 3.91. The molecular formula is C26H36N2O3. The van der Waals surface area contributed by atoms with Gasteiger partial charge in [-0.05, 0) is 51.6 Å². The fourth-order valence-electron chi connectivity index (χ4n) is 3.50. The standard InChI is InChI=1S/C26H36N2O3/c1-25(2,3)20-14-17(15-21(23(20)30)26(4,5)6)11-12-22(29)28-16-18-9-8-10-19(13-18)24(31)27-7/h8-10,13-15,30H,11-12,16H2,1-7H3,(H,27,31)(H,28,29). The van der Waals surface area contributed by atoms with Crippen LogP contribution >= 0.6 is 0 Å². The largest absolute Gasteiger partial charge is 0.507 e. The lowest BCUT2D eigenvalue weighted by atomic mass is 9.78. The fraction of sp³-hybridized carbons (Fsp3) is 0.462. The highest BCUT2D eigenvalue weighted by molar-refractivity contribution is 5.94. The summed E-state index contributed by atoms with van der Waals surface area (Å²) in [6, 6.07) is 11.3. The second-order valence-corrected chi connectivity index (χ2v) is 10.1. The Morgan fingerprint density at radius 3 is 2.00 bits per heavy atom. The molecule has 0 unspecified atom stereocenters. The Balaban J connectivity index is 2.09. The summed E-state index contributed by atoms with van der Waals surface area (Å²) in [7, 11) is 1.59. The van der Waals surface area contributed by atoms with Gasteiger partial charge in [0.25, 0.3) is 5.91 Å². The molecule has 0 aromatic heterocycles. The summed E-state index contributed by atoms with van der Waals surface area (Å²) in [5.74, 6) is 0.155. The molecule has 31 heavy (non-hydrogen) atoms. The minimum atomic E-state index is -0.196. The van der Waals surface area contributed by atoms with Crippen molar-refractivity contribution in [2.24, 2.45) is 0 Å². The van der Waals surface area contributed by atoms with Gasteiger partial charge in [0.1, 0.15) is 5.75 Å². The molecule has 0 spiro atoms. The van der Waals surface area contributed by atoms with E-state index in [1.165, 1.54) is 0 Å². The molecular weight excluding hydrogens is 388 g/mol. The highest BCUT2D eigenvalue weighted by Gasteiger charge is 2.26. The molecule has 0 aliphatic carbocycles. The number of nitrogens with one attached hydrogen (secondary N) is 2. The van der Waals surface area contributed by atoms with Crippen LogP contribution in [0, 0.1) is 0 Å². The maximum atomic E-state index is 12.5. The van der Waals surface area contributed by atoms with Crippen molar-refractivity contribution in [1.82, 2.24) is 10.6 Å². The Morgan fingerprint density at radius 2 is 1.48 bits per heavy atom. The van der Waals surface area contributed by atoms with Crippen LogP contribution in [-0.4, -0.2) is 24.0 Å². The van der Waals surface area contributed by atoms with Gasteiger partial charge < -0.3 is 15.7 Å². The van der Waals surface area contributed by atoms with E-state index in [0.29, 0.717) is 30.7 Å². The van der Waals surface area contributed by atoms with E-state index >= 15 is 0 Å². The number of phenols is 1. The van der Waals surface area contributed by atoms with Gasteiger partial charge >= 0.3 is 0 Å². The zero-order chi connectivity index (χ0) is 23.4. The zero-order valence-corrected chi connectivity index (χ0v) is 19.8. The third-order valence-corrected chi connectivity index (χ3v) is 5.33. The van der Waals surface area contributed by atoms with Crippen LogP contribution in [0.5, 0.6) is 5.75 Å². The number of rotatable bonds is 6. The first-order valence-corrected chi connectivity index (χ1v) is 10.8. The highest BCUT2D eigenvalue weighted by Crippen LogP contribution is 2.39. The number of carbonyl (C=O) groups excluding carboxylic acids is 2. The van der Waals surface area contributed by atoms with E-state index in [4.69, 9.17) is 0 Å². The van der Waals surface area contributed by atoms with Crippen LogP contribution in [0.3, 0.4) is 0 Å². The van der Waals surface area contributed by atoms with Crippen LogP contribution in [0.15, 0.2) is 36.4 Å². The highest BCUT2D eigenvalue weighted by atomic mass is 16.3. The molecule has 5 heteroatoms. The maximum absolute atomic E-state index is 12.5. The van der Waals surface area contributed by atoms with Crippen molar-refractivity contribution in [3.05, 3.63) is 64.2 Å². The normalized spacial score (nSPS) is 11.8. The van der Waals surface area contributed by atoms with Gasteiger partial charge in [-0.1, -0.05) is 65.8 Å².